The van der Waals surface area contributed by atoms with E-state index in [4.69, 9.17) is 4.42 Å². The summed E-state index contributed by atoms with van der Waals surface area (Å²) in [5.74, 6) is 1.18. The van der Waals surface area contributed by atoms with Crippen LogP contribution in [0.4, 0.5) is 5.82 Å². The van der Waals surface area contributed by atoms with Gasteiger partial charge in [0.1, 0.15) is 11.6 Å². The molecule has 1 fully saturated rings. The van der Waals surface area contributed by atoms with Gasteiger partial charge in [-0.25, -0.2) is 4.98 Å². The maximum absolute atomic E-state index is 12.6. The van der Waals surface area contributed by atoms with Gasteiger partial charge in [0, 0.05) is 52.1 Å². The van der Waals surface area contributed by atoms with Crippen LogP contribution in [0.25, 0.3) is 0 Å². The molecule has 2 aromatic heterocycles. The first-order valence-corrected chi connectivity index (χ1v) is 9.66. The van der Waals surface area contributed by atoms with Crippen LogP contribution in [0.3, 0.4) is 0 Å². The van der Waals surface area contributed by atoms with E-state index in [1.54, 1.807) is 24.1 Å². The Morgan fingerprint density at radius 3 is 2.55 bits per heavy atom. The lowest BCUT2D eigenvalue weighted by Crippen LogP contribution is -2.41. The summed E-state index contributed by atoms with van der Waals surface area (Å²) in [5, 5.41) is 2.95. The Labute approximate surface area is 169 Å². The molecule has 3 heterocycles. The second-order valence-electron chi connectivity index (χ2n) is 7.51. The summed E-state index contributed by atoms with van der Waals surface area (Å²) < 4.78 is 5.39. The molecule has 0 atom stereocenters. The van der Waals surface area contributed by atoms with Gasteiger partial charge in [0.15, 0.2) is 11.2 Å². The molecule has 0 bridgehead atoms. The van der Waals surface area contributed by atoms with E-state index >= 15 is 0 Å². The van der Waals surface area contributed by atoms with Crippen molar-refractivity contribution in [1.82, 2.24) is 15.2 Å². The summed E-state index contributed by atoms with van der Waals surface area (Å²) in [5.41, 5.74) is 0.292. The summed E-state index contributed by atoms with van der Waals surface area (Å²) in [6.07, 6.45) is 3.13. The molecule has 2 amide bonds. The number of carbonyl (C=O) groups excluding carboxylic acids is 2. The number of rotatable bonds is 5. The number of nitrogens with zero attached hydrogens (tertiary/aromatic N) is 3. The van der Waals surface area contributed by atoms with E-state index < -0.39 is 0 Å². The second-order valence-corrected chi connectivity index (χ2v) is 7.51. The quantitative estimate of drug-likeness (QED) is 0.824. The molecule has 0 saturated carbocycles. The van der Waals surface area contributed by atoms with Gasteiger partial charge in [0.05, 0.1) is 5.56 Å². The van der Waals surface area contributed by atoms with Crippen molar-refractivity contribution in [3.8, 4) is 0 Å². The molecule has 0 unspecified atom stereocenters. The minimum atomic E-state index is -0.264. The van der Waals surface area contributed by atoms with Gasteiger partial charge in [-0.05, 0) is 37.8 Å². The van der Waals surface area contributed by atoms with Crippen molar-refractivity contribution in [1.29, 1.82) is 0 Å². The molecule has 0 radical (unpaired) electrons. The smallest absolute Gasteiger partial charge is 0.289 e. The van der Waals surface area contributed by atoms with Gasteiger partial charge in [0.2, 0.25) is 0 Å². The highest BCUT2D eigenvalue weighted by Crippen LogP contribution is 2.19. The highest BCUT2D eigenvalue weighted by atomic mass is 16.3. The number of carbonyl (C=O) groups is 2. The number of hydrogen-bond donors (Lipinski definition) is 1. The van der Waals surface area contributed by atoms with Crippen molar-refractivity contribution in [2.75, 3.05) is 38.6 Å². The number of nitrogens with one attached hydrogen (secondary N) is 1. The molecule has 1 aliphatic heterocycles. The number of aromatic nitrogens is 1. The molecule has 0 aromatic carbocycles. The Morgan fingerprint density at radius 1 is 1.24 bits per heavy atom. The summed E-state index contributed by atoms with van der Waals surface area (Å²) >= 11 is 0. The molecule has 8 heteroatoms. The van der Waals surface area contributed by atoms with E-state index in [9.17, 15) is 14.4 Å². The van der Waals surface area contributed by atoms with Crippen LogP contribution in [0.15, 0.2) is 39.7 Å². The molecule has 29 heavy (non-hydrogen) atoms. The average molecular weight is 398 g/mol. The van der Waals surface area contributed by atoms with Crippen LogP contribution in [-0.4, -0.2) is 55.4 Å². The number of likely N-dealkylation sites (tertiary alicyclic amines) is 1. The summed E-state index contributed by atoms with van der Waals surface area (Å²) in [4.78, 5) is 44.3. The number of piperidine rings is 1. The lowest BCUT2D eigenvalue weighted by atomic mass is 9.96. The van der Waals surface area contributed by atoms with Crippen LogP contribution in [-0.2, 0) is 0 Å². The zero-order valence-electron chi connectivity index (χ0n) is 17.0. The fraction of sp³-hybridized carbons (Fsp3) is 0.429. The molecule has 8 nitrogen and oxygen atoms in total. The van der Waals surface area contributed by atoms with Gasteiger partial charge in [-0.15, -0.1) is 0 Å². The monoisotopic (exact) mass is 398 g/mol. The molecular formula is C21H26N4O4. The van der Waals surface area contributed by atoms with Crippen molar-refractivity contribution in [3.63, 3.8) is 0 Å². The predicted octanol–water partition coefficient (Wildman–Crippen LogP) is 1.69. The van der Waals surface area contributed by atoms with Crippen LogP contribution in [0.2, 0.25) is 0 Å². The van der Waals surface area contributed by atoms with Crippen molar-refractivity contribution >= 4 is 17.6 Å². The Bertz CT molecular complexity index is 928. The zero-order chi connectivity index (χ0) is 21.0. The lowest BCUT2D eigenvalue weighted by Gasteiger charge is -2.31. The SMILES string of the molecule is Cc1cc(=O)cc(C(=O)N2CCC(CNC(=O)c3ccc(N(C)C)nc3)CC2)o1. The standard InChI is InChI=1S/C21H26N4O4/c1-14-10-17(26)11-18(29-14)21(28)25-8-6-15(7-9-25)12-23-20(27)16-4-5-19(22-13-16)24(2)3/h4-5,10-11,13,15H,6-9,12H2,1-3H3,(H,23,27). The van der Waals surface area contributed by atoms with E-state index in [0.717, 1.165) is 18.7 Å². The van der Waals surface area contributed by atoms with Crippen LogP contribution >= 0.6 is 0 Å². The summed E-state index contributed by atoms with van der Waals surface area (Å²) in [7, 11) is 3.79. The Hall–Kier alpha value is -3.16. The van der Waals surface area contributed by atoms with Gasteiger partial charge in [-0.2, -0.15) is 0 Å². The average Bonchev–Trinajstić information content (AvgIpc) is 2.71. The van der Waals surface area contributed by atoms with E-state index in [2.05, 4.69) is 10.3 Å². The molecular weight excluding hydrogens is 372 g/mol. The number of aryl methyl sites for hydroxylation is 1. The minimum Gasteiger partial charge on any atom is -0.456 e. The third kappa shape index (κ3) is 5.22. The molecule has 1 saturated heterocycles. The van der Waals surface area contributed by atoms with Gasteiger partial charge >= 0.3 is 0 Å². The molecule has 1 N–H and O–H groups in total. The number of pyridine rings is 1. The minimum absolute atomic E-state index is 0.0791. The first-order valence-electron chi connectivity index (χ1n) is 9.66. The maximum Gasteiger partial charge on any atom is 0.289 e. The normalized spacial score (nSPS) is 14.5. The highest BCUT2D eigenvalue weighted by Gasteiger charge is 2.25. The van der Waals surface area contributed by atoms with Crippen molar-refractivity contribution in [2.24, 2.45) is 5.92 Å². The van der Waals surface area contributed by atoms with Gasteiger partial charge in [-0.1, -0.05) is 0 Å². The van der Waals surface area contributed by atoms with E-state index in [-0.39, 0.29) is 23.0 Å². The van der Waals surface area contributed by atoms with Crippen LogP contribution < -0.4 is 15.6 Å². The summed E-state index contributed by atoms with van der Waals surface area (Å²) in [6.45, 7) is 3.33. The van der Waals surface area contributed by atoms with Gasteiger partial charge in [-0.3, -0.25) is 14.4 Å². The lowest BCUT2D eigenvalue weighted by molar-refractivity contribution is 0.0649. The van der Waals surface area contributed by atoms with Crippen molar-refractivity contribution in [2.45, 2.75) is 19.8 Å². The van der Waals surface area contributed by atoms with Crippen molar-refractivity contribution in [3.05, 3.63) is 57.8 Å². The van der Waals surface area contributed by atoms with Crippen LogP contribution in [0.1, 0.15) is 39.5 Å². The van der Waals surface area contributed by atoms with Crippen LogP contribution in [0.5, 0.6) is 0 Å². The fourth-order valence-electron chi connectivity index (χ4n) is 3.33. The third-order valence-corrected chi connectivity index (χ3v) is 5.02. The maximum atomic E-state index is 12.6. The first-order chi connectivity index (χ1) is 13.8. The second kappa shape index (κ2) is 8.89. The molecule has 0 aliphatic carbocycles. The molecule has 0 spiro atoms. The Morgan fingerprint density at radius 2 is 1.97 bits per heavy atom. The largest absolute Gasteiger partial charge is 0.456 e. The van der Waals surface area contributed by atoms with Gasteiger partial charge < -0.3 is 19.5 Å². The number of amides is 2. The molecule has 1 aliphatic rings. The van der Waals surface area contributed by atoms with Gasteiger partial charge in [0.25, 0.3) is 11.8 Å². The topological polar surface area (TPSA) is 95.8 Å². The number of hydrogen-bond acceptors (Lipinski definition) is 6. The van der Waals surface area contributed by atoms with E-state index in [0.29, 0.717) is 36.9 Å². The predicted molar refractivity (Wildman–Crippen MR) is 109 cm³/mol. The Kier molecular flexibility index (Phi) is 6.31. The van der Waals surface area contributed by atoms with Crippen molar-refractivity contribution < 1.29 is 14.0 Å². The fourth-order valence-corrected chi connectivity index (χ4v) is 3.33. The highest BCUT2D eigenvalue weighted by molar-refractivity contribution is 5.94. The zero-order valence-corrected chi connectivity index (χ0v) is 17.0. The molecule has 2 aromatic rings. The Balaban J connectivity index is 1.49. The van der Waals surface area contributed by atoms with Crippen LogP contribution in [0, 0.1) is 12.8 Å². The molecule has 154 valence electrons. The third-order valence-electron chi connectivity index (χ3n) is 5.02. The molecule has 3 rings (SSSR count). The number of anilines is 1. The van der Waals surface area contributed by atoms with E-state index in [1.807, 2.05) is 25.1 Å². The van der Waals surface area contributed by atoms with E-state index in [1.165, 1.54) is 12.1 Å². The summed E-state index contributed by atoms with van der Waals surface area (Å²) in [6, 6.07) is 6.16. The first kappa shape index (κ1) is 20.6.